The topological polar surface area (TPSA) is 42.2 Å². The van der Waals surface area contributed by atoms with E-state index in [1.54, 1.807) is 0 Å². The first-order chi connectivity index (χ1) is 13.7. The van der Waals surface area contributed by atoms with E-state index < -0.39 is 5.97 Å². The van der Waals surface area contributed by atoms with Gasteiger partial charge in [-0.1, -0.05) is 60.7 Å². The molecule has 4 aromatic rings. The second-order valence-electron chi connectivity index (χ2n) is 7.09. The summed E-state index contributed by atoms with van der Waals surface area (Å²) in [6, 6.07) is 27.2. The van der Waals surface area contributed by atoms with Crippen molar-refractivity contribution in [2.24, 2.45) is 0 Å². The van der Waals surface area contributed by atoms with Crippen molar-refractivity contribution in [3.63, 3.8) is 0 Å². The summed E-state index contributed by atoms with van der Waals surface area (Å²) in [7, 11) is 0. The molecular weight excluding hydrogens is 346 g/mol. The number of nitrogens with zero attached hydrogens (tertiary/aromatic N) is 1. The van der Waals surface area contributed by atoms with Gasteiger partial charge in [0, 0.05) is 23.7 Å². The molecule has 1 heterocycles. The Labute approximate surface area is 164 Å². The lowest BCUT2D eigenvalue weighted by atomic mass is 10.0. The monoisotopic (exact) mass is 369 g/mol. The van der Waals surface area contributed by atoms with E-state index in [0.29, 0.717) is 6.42 Å². The molecule has 28 heavy (non-hydrogen) atoms. The summed E-state index contributed by atoms with van der Waals surface area (Å²) in [4.78, 5) is 10.9. The summed E-state index contributed by atoms with van der Waals surface area (Å²) >= 11 is 0. The number of carbonyl (C=O) groups is 1. The van der Waals surface area contributed by atoms with Gasteiger partial charge in [0.15, 0.2) is 0 Å². The van der Waals surface area contributed by atoms with Crippen LogP contribution in [0.3, 0.4) is 0 Å². The zero-order valence-corrected chi connectivity index (χ0v) is 15.7. The van der Waals surface area contributed by atoms with Gasteiger partial charge in [0.2, 0.25) is 0 Å². The molecule has 3 heteroatoms. The van der Waals surface area contributed by atoms with E-state index in [0.717, 1.165) is 29.6 Å². The Bertz CT molecular complexity index is 1080. The molecule has 1 aromatic heterocycles. The van der Waals surface area contributed by atoms with Crippen molar-refractivity contribution < 1.29 is 9.90 Å². The van der Waals surface area contributed by atoms with Crippen molar-refractivity contribution in [3.8, 4) is 5.69 Å². The van der Waals surface area contributed by atoms with Gasteiger partial charge in [-0.25, -0.2) is 0 Å². The summed E-state index contributed by atoms with van der Waals surface area (Å²) < 4.78 is 2.22. The van der Waals surface area contributed by atoms with Crippen LogP contribution in [0.1, 0.15) is 23.1 Å². The molecule has 0 aliphatic carbocycles. The predicted molar refractivity (Wildman–Crippen MR) is 113 cm³/mol. The van der Waals surface area contributed by atoms with Crippen LogP contribution in [0, 0.1) is 0 Å². The van der Waals surface area contributed by atoms with E-state index in [9.17, 15) is 4.79 Å². The highest BCUT2D eigenvalue weighted by Crippen LogP contribution is 2.27. The number of fused-ring (bicyclic) bond motifs is 1. The maximum absolute atomic E-state index is 10.9. The van der Waals surface area contributed by atoms with E-state index in [-0.39, 0.29) is 6.42 Å². The third-order valence-corrected chi connectivity index (χ3v) is 5.14. The van der Waals surface area contributed by atoms with Crippen LogP contribution < -0.4 is 0 Å². The van der Waals surface area contributed by atoms with Crippen LogP contribution in [0.5, 0.6) is 0 Å². The SMILES string of the molecule is O=C(O)CCc1ccc2c(CCc3ccccc3)cn(-c3ccccc3)c2c1. The Morgan fingerprint density at radius 3 is 2.21 bits per heavy atom. The minimum Gasteiger partial charge on any atom is -0.481 e. The van der Waals surface area contributed by atoms with E-state index >= 15 is 0 Å². The van der Waals surface area contributed by atoms with E-state index in [4.69, 9.17) is 5.11 Å². The highest BCUT2D eigenvalue weighted by Gasteiger charge is 2.11. The highest BCUT2D eigenvalue weighted by molar-refractivity contribution is 5.86. The van der Waals surface area contributed by atoms with Crippen molar-refractivity contribution in [1.82, 2.24) is 4.57 Å². The summed E-state index contributed by atoms with van der Waals surface area (Å²) in [6.07, 6.45) is 4.89. The Morgan fingerprint density at radius 2 is 1.50 bits per heavy atom. The van der Waals surface area contributed by atoms with E-state index in [2.05, 4.69) is 65.4 Å². The molecule has 3 nitrogen and oxygen atoms in total. The number of hydrogen-bond donors (Lipinski definition) is 1. The molecule has 0 spiro atoms. The van der Waals surface area contributed by atoms with Crippen molar-refractivity contribution in [2.75, 3.05) is 0 Å². The van der Waals surface area contributed by atoms with Gasteiger partial charge in [0.05, 0.1) is 5.52 Å². The number of aryl methyl sites for hydroxylation is 3. The number of aliphatic carboxylic acids is 1. The molecule has 0 fully saturated rings. The first-order valence-corrected chi connectivity index (χ1v) is 9.65. The van der Waals surface area contributed by atoms with Gasteiger partial charge >= 0.3 is 5.97 Å². The van der Waals surface area contributed by atoms with Crippen LogP contribution >= 0.6 is 0 Å². The van der Waals surface area contributed by atoms with Crippen LogP contribution in [-0.2, 0) is 24.1 Å². The maximum Gasteiger partial charge on any atom is 0.303 e. The summed E-state index contributed by atoms with van der Waals surface area (Å²) in [5.74, 6) is -0.762. The molecule has 0 bridgehead atoms. The number of para-hydroxylation sites is 1. The molecule has 0 saturated carbocycles. The summed E-state index contributed by atoms with van der Waals surface area (Å²) in [6.45, 7) is 0. The molecule has 0 atom stereocenters. The number of carboxylic acids is 1. The Balaban J connectivity index is 1.72. The molecule has 0 aliphatic rings. The fourth-order valence-corrected chi connectivity index (χ4v) is 3.67. The van der Waals surface area contributed by atoms with Crippen LogP contribution in [0.2, 0.25) is 0 Å². The van der Waals surface area contributed by atoms with Crippen molar-refractivity contribution in [2.45, 2.75) is 25.7 Å². The molecule has 0 radical (unpaired) electrons. The molecule has 0 unspecified atom stereocenters. The predicted octanol–water partition coefficient (Wildman–Crippen LogP) is 5.43. The maximum atomic E-state index is 10.9. The fraction of sp³-hybridized carbons (Fsp3) is 0.160. The molecule has 4 rings (SSSR count). The summed E-state index contributed by atoms with van der Waals surface area (Å²) in [5, 5.41) is 10.2. The Morgan fingerprint density at radius 1 is 0.786 bits per heavy atom. The van der Waals surface area contributed by atoms with E-state index in [1.165, 1.54) is 16.5 Å². The van der Waals surface area contributed by atoms with Crippen molar-refractivity contribution >= 4 is 16.9 Å². The van der Waals surface area contributed by atoms with Crippen LogP contribution in [-0.4, -0.2) is 15.6 Å². The van der Waals surface area contributed by atoms with Crippen molar-refractivity contribution in [3.05, 3.63) is 102 Å². The van der Waals surface area contributed by atoms with Gasteiger partial charge in [-0.2, -0.15) is 0 Å². The molecule has 0 saturated heterocycles. The highest BCUT2D eigenvalue weighted by atomic mass is 16.4. The number of aromatic nitrogens is 1. The fourth-order valence-electron chi connectivity index (χ4n) is 3.67. The number of carboxylic acid groups (broad SMARTS) is 1. The lowest BCUT2D eigenvalue weighted by Gasteiger charge is -2.06. The normalized spacial score (nSPS) is 11.0. The average molecular weight is 369 g/mol. The molecule has 0 amide bonds. The minimum absolute atomic E-state index is 0.151. The van der Waals surface area contributed by atoms with Gasteiger partial charge in [-0.15, -0.1) is 0 Å². The number of rotatable bonds is 7. The quantitative estimate of drug-likeness (QED) is 0.472. The lowest BCUT2D eigenvalue weighted by molar-refractivity contribution is -0.136. The zero-order valence-electron chi connectivity index (χ0n) is 15.7. The second-order valence-corrected chi connectivity index (χ2v) is 7.09. The van der Waals surface area contributed by atoms with Crippen LogP contribution in [0.4, 0.5) is 0 Å². The second kappa shape index (κ2) is 8.13. The molecule has 1 N–H and O–H groups in total. The third-order valence-electron chi connectivity index (χ3n) is 5.14. The summed E-state index contributed by atoms with van der Waals surface area (Å²) in [5.41, 5.74) is 5.96. The molecule has 3 aromatic carbocycles. The molecule has 0 aliphatic heterocycles. The van der Waals surface area contributed by atoms with Gasteiger partial charge in [0.25, 0.3) is 0 Å². The standard InChI is InChI=1S/C25H23NO2/c27-25(28)16-13-20-12-15-23-21(14-11-19-7-3-1-4-8-19)18-26(24(23)17-20)22-9-5-2-6-10-22/h1-10,12,15,17-18H,11,13-14,16H2,(H,27,28). The van der Waals surface area contributed by atoms with Gasteiger partial charge in [-0.05, 0) is 54.2 Å². The Kier molecular flexibility index (Phi) is 5.24. The van der Waals surface area contributed by atoms with Crippen LogP contribution in [0.25, 0.3) is 16.6 Å². The first kappa shape index (κ1) is 18.1. The average Bonchev–Trinajstić information content (AvgIpc) is 3.10. The van der Waals surface area contributed by atoms with Crippen molar-refractivity contribution in [1.29, 1.82) is 0 Å². The van der Waals surface area contributed by atoms with E-state index in [1.807, 2.05) is 24.3 Å². The molecular formula is C25H23NO2. The number of hydrogen-bond acceptors (Lipinski definition) is 1. The lowest BCUT2D eigenvalue weighted by Crippen LogP contribution is -1.98. The zero-order chi connectivity index (χ0) is 19.3. The molecule has 140 valence electrons. The van der Waals surface area contributed by atoms with Crippen LogP contribution in [0.15, 0.2) is 85.1 Å². The van der Waals surface area contributed by atoms with Gasteiger partial charge < -0.3 is 9.67 Å². The van der Waals surface area contributed by atoms with Gasteiger partial charge in [0.1, 0.15) is 0 Å². The number of benzene rings is 3. The largest absolute Gasteiger partial charge is 0.481 e. The minimum atomic E-state index is -0.762. The van der Waals surface area contributed by atoms with Gasteiger partial charge in [-0.3, -0.25) is 4.79 Å². The Hall–Kier alpha value is -3.33. The first-order valence-electron chi connectivity index (χ1n) is 9.65. The smallest absolute Gasteiger partial charge is 0.303 e. The third kappa shape index (κ3) is 3.99.